The van der Waals surface area contributed by atoms with Gasteiger partial charge >= 0.3 is 0 Å². The van der Waals surface area contributed by atoms with E-state index >= 15 is 0 Å². The number of piperidine rings is 1. The first-order valence-electron chi connectivity index (χ1n) is 8.76. The molecule has 0 aliphatic carbocycles. The molecule has 1 fully saturated rings. The summed E-state index contributed by atoms with van der Waals surface area (Å²) in [5, 5.41) is 1.76. The van der Waals surface area contributed by atoms with Gasteiger partial charge in [0.05, 0.1) is 12.0 Å². The minimum absolute atomic E-state index is 0.00688. The molecule has 26 heavy (non-hydrogen) atoms. The summed E-state index contributed by atoms with van der Waals surface area (Å²) in [6.07, 6.45) is 1.43. The summed E-state index contributed by atoms with van der Waals surface area (Å²) in [5.41, 5.74) is 1.07. The van der Waals surface area contributed by atoms with Crippen molar-refractivity contribution >= 4 is 27.3 Å². The molecule has 0 spiro atoms. The summed E-state index contributed by atoms with van der Waals surface area (Å²) in [5.74, 6) is -0.290. The molecule has 1 aromatic heterocycles. The van der Waals surface area contributed by atoms with Gasteiger partial charge in [0.2, 0.25) is 5.91 Å². The molecule has 7 heteroatoms. The normalized spacial score (nSPS) is 19.8. The highest BCUT2D eigenvalue weighted by atomic mass is 32.2. The van der Waals surface area contributed by atoms with Gasteiger partial charge in [0.15, 0.2) is 0 Å². The molecule has 0 saturated carbocycles. The van der Waals surface area contributed by atoms with Crippen LogP contribution in [0.2, 0.25) is 0 Å². The van der Waals surface area contributed by atoms with Crippen molar-refractivity contribution in [2.24, 2.45) is 5.92 Å². The van der Waals surface area contributed by atoms with Gasteiger partial charge in [0, 0.05) is 20.1 Å². The van der Waals surface area contributed by atoms with Gasteiger partial charge in [0.1, 0.15) is 4.21 Å². The Balaban J connectivity index is 1.72. The van der Waals surface area contributed by atoms with Gasteiger partial charge in [-0.25, -0.2) is 8.42 Å². The monoisotopic (exact) mass is 392 g/mol. The van der Waals surface area contributed by atoms with Crippen LogP contribution in [-0.2, 0) is 14.8 Å². The van der Waals surface area contributed by atoms with Gasteiger partial charge in [-0.2, -0.15) is 4.31 Å². The molecule has 2 unspecified atom stereocenters. The van der Waals surface area contributed by atoms with Gasteiger partial charge in [-0.05, 0) is 36.8 Å². The molecule has 0 N–H and O–H groups in total. The van der Waals surface area contributed by atoms with Crippen LogP contribution in [0, 0.1) is 5.92 Å². The fourth-order valence-electron chi connectivity index (χ4n) is 3.33. The molecule has 1 aromatic carbocycles. The van der Waals surface area contributed by atoms with E-state index in [1.54, 1.807) is 29.5 Å². The van der Waals surface area contributed by atoms with E-state index in [0.29, 0.717) is 17.2 Å². The van der Waals surface area contributed by atoms with Crippen LogP contribution < -0.4 is 0 Å². The van der Waals surface area contributed by atoms with E-state index in [1.165, 1.54) is 15.6 Å². The molecular formula is C19H24N2O3S2. The molecule has 2 aromatic rings. The molecule has 140 valence electrons. The maximum Gasteiger partial charge on any atom is 0.252 e. The zero-order valence-corrected chi connectivity index (χ0v) is 16.7. The van der Waals surface area contributed by atoms with Crippen molar-refractivity contribution < 1.29 is 13.2 Å². The Morgan fingerprint density at radius 3 is 2.62 bits per heavy atom. The number of sulfonamides is 1. The molecule has 0 radical (unpaired) electrons. The van der Waals surface area contributed by atoms with Crippen LogP contribution in [0.15, 0.2) is 52.1 Å². The number of thiophene rings is 1. The van der Waals surface area contributed by atoms with Crippen molar-refractivity contribution in [1.29, 1.82) is 0 Å². The number of hydrogen-bond donors (Lipinski definition) is 0. The lowest BCUT2D eigenvalue weighted by molar-refractivity contribution is -0.137. The van der Waals surface area contributed by atoms with E-state index in [9.17, 15) is 13.2 Å². The van der Waals surface area contributed by atoms with Gasteiger partial charge in [-0.1, -0.05) is 36.4 Å². The SMILES string of the molecule is CC(c1ccccc1)N(C)C(=O)C1CCCN(S(=O)(=O)c2cccs2)C1. The van der Waals surface area contributed by atoms with Crippen molar-refractivity contribution in [3.8, 4) is 0 Å². The number of nitrogens with zero attached hydrogens (tertiary/aromatic N) is 2. The number of carbonyl (C=O) groups is 1. The van der Waals surface area contributed by atoms with E-state index in [1.807, 2.05) is 37.3 Å². The number of benzene rings is 1. The summed E-state index contributed by atoms with van der Waals surface area (Å²) in [6, 6.07) is 13.2. The number of amides is 1. The highest BCUT2D eigenvalue weighted by molar-refractivity contribution is 7.91. The summed E-state index contributed by atoms with van der Waals surface area (Å²) >= 11 is 1.22. The lowest BCUT2D eigenvalue weighted by atomic mass is 9.97. The molecule has 0 bridgehead atoms. The minimum atomic E-state index is -3.50. The maximum atomic E-state index is 13.0. The second-order valence-corrected chi connectivity index (χ2v) is 9.78. The minimum Gasteiger partial charge on any atom is -0.339 e. The van der Waals surface area contributed by atoms with E-state index in [4.69, 9.17) is 0 Å². The molecule has 1 aliphatic rings. The van der Waals surface area contributed by atoms with E-state index in [0.717, 1.165) is 12.0 Å². The lowest BCUT2D eigenvalue weighted by Gasteiger charge is -2.35. The Kier molecular flexibility index (Phi) is 5.79. The van der Waals surface area contributed by atoms with Crippen LogP contribution in [0.4, 0.5) is 0 Å². The zero-order chi connectivity index (χ0) is 18.7. The smallest absolute Gasteiger partial charge is 0.252 e. The Morgan fingerprint density at radius 2 is 1.96 bits per heavy atom. The molecule has 1 amide bonds. The van der Waals surface area contributed by atoms with Gasteiger partial charge < -0.3 is 4.90 Å². The van der Waals surface area contributed by atoms with Crippen LogP contribution in [0.1, 0.15) is 31.4 Å². The predicted molar refractivity (Wildman–Crippen MR) is 103 cm³/mol. The summed E-state index contributed by atoms with van der Waals surface area (Å²) in [6.45, 7) is 2.73. The number of rotatable bonds is 5. The number of carbonyl (C=O) groups excluding carboxylic acids is 1. The Hall–Kier alpha value is -1.70. The fourth-order valence-corrected chi connectivity index (χ4v) is 6.00. The molecule has 2 heterocycles. The highest BCUT2D eigenvalue weighted by Gasteiger charge is 2.35. The first-order chi connectivity index (χ1) is 12.4. The van der Waals surface area contributed by atoms with Crippen molar-refractivity contribution in [3.05, 3.63) is 53.4 Å². The largest absolute Gasteiger partial charge is 0.339 e. The number of hydrogen-bond acceptors (Lipinski definition) is 4. The highest BCUT2D eigenvalue weighted by Crippen LogP contribution is 2.28. The van der Waals surface area contributed by atoms with E-state index < -0.39 is 10.0 Å². The summed E-state index contributed by atoms with van der Waals surface area (Å²) in [4.78, 5) is 14.7. The average Bonchev–Trinajstić information content (AvgIpc) is 3.23. The average molecular weight is 393 g/mol. The zero-order valence-electron chi connectivity index (χ0n) is 15.0. The van der Waals surface area contributed by atoms with Gasteiger partial charge in [-0.15, -0.1) is 11.3 Å². The molecule has 2 atom stereocenters. The van der Waals surface area contributed by atoms with Crippen molar-refractivity contribution in [2.45, 2.75) is 30.0 Å². The maximum absolute atomic E-state index is 13.0. The first kappa shape index (κ1) is 19.1. The van der Waals surface area contributed by atoms with Gasteiger partial charge in [0.25, 0.3) is 10.0 Å². The second kappa shape index (κ2) is 7.90. The van der Waals surface area contributed by atoms with Crippen molar-refractivity contribution in [3.63, 3.8) is 0 Å². The van der Waals surface area contributed by atoms with Gasteiger partial charge in [-0.3, -0.25) is 4.79 Å². The third kappa shape index (κ3) is 3.84. The Bertz CT molecular complexity index is 835. The quantitative estimate of drug-likeness (QED) is 0.784. The van der Waals surface area contributed by atoms with Crippen LogP contribution >= 0.6 is 11.3 Å². The first-order valence-corrected chi connectivity index (χ1v) is 11.1. The molecular weight excluding hydrogens is 368 g/mol. The van der Waals surface area contributed by atoms with Crippen LogP contribution in [0.3, 0.4) is 0 Å². The predicted octanol–water partition coefficient (Wildman–Crippen LogP) is 3.37. The lowest BCUT2D eigenvalue weighted by Crippen LogP contribution is -2.46. The second-order valence-electron chi connectivity index (χ2n) is 6.67. The van der Waals surface area contributed by atoms with E-state index in [-0.39, 0.29) is 24.4 Å². The topological polar surface area (TPSA) is 57.7 Å². The molecule has 3 rings (SSSR count). The van der Waals surface area contributed by atoms with Crippen molar-refractivity contribution in [2.75, 3.05) is 20.1 Å². The van der Waals surface area contributed by atoms with Crippen LogP contribution in [0.5, 0.6) is 0 Å². The summed E-state index contributed by atoms with van der Waals surface area (Å²) < 4.78 is 27.3. The van der Waals surface area contributed by atoms with Crippen LogP contribution in [0.25, 0.3) is 0 Å². The third-order valence-electron chi connectivity index (χ3n) is 5.03. The fraction of sp³-hybridized carbons (Fsp3) is 0.421. The Morgan fingerprint density at radius 1 is 1.23 bits per heavy atom. The van der Waals surface area contributed by atoms with Crippen LogP contribution in [-0.4, -0.2) is 43.7 Å². The standard InChI is InChI=1S/C19H24N2O3S2/c1-15(16-8-4-3-5-9-16)20(2)19(22)17-10-6-12-21(14-17)26(23,24)18-11-7-13-25-18/h3-5,7-9,11,13,15,17H,6,10,12,14H2,1-2H3. The third-order valence-corrected chi connectivity index (χ3v) is 8.27. The van der Waals surface area contributed by atoms with Crippen molar-refractivity contribution in [1.82, 2.24) is 9.21 Å². The molecule has 5 nitrogen and oxygen atoms in total. The molecule has 1 aliphatic heterocycles. The Labute approximate surface area is 159 Å². The molecule has 1 saturated heterocycles. The summed E-state index contributed by atoms with van der Waals surface area (Å²) in [7, 11) is -1.70. The van der Waals surface area contributed by atoms with E-state index in [2.05, 4.69) is 0 Å².